The largest absolute Gasteiger partial charge is 0.481 e. The lowest BCUT2D eigenvalue weighted by Crippen LogP contribution is -2.43. The molecule has 1 atom stereocenters. The number of unbranched alkanes of at least 4 members (excludes halogenated alkanes) is 5. The van der Waals surface area contributed by atoms with Gasteiger partial charge in [-0.25, -0.2) is 4.79 Å². The van der Waals surface area contributed by atoms with Gasteiger partial charge in [-0.1, -0.05) is 25.3 Å². The number of hydrogen-bond acceptors (Lipinski definition) is 4. The topological polar surface area (TPSA) is 101 Å². The molecule has 25 heavy (non-hydrogen) atoms. The zero-order valence-electron chi connectivity index (χ0n) is 15.6. The van der Waals surface area contributed by atoms with Crippen LogP contribution in [-0.4, -0.2) is 66.4 Å². The number of carbonyl (C=O) groups excluding carboxylic acids is 1. The molecule has 0 aliphatic rings. The van der Waals surface area contributed by atoms with Gasteiger partial charge in [0.25, 0.3) is 0 Å². The van der Waals surface area contributed by atoms with Crippen molar-refractivity contribution >= 4 is 17.9 Å². The number of rotatable bonds is 14. The molecule has 0 aromatic rings. The molecule has 2 N–H and O–H groups in total. The first-order chi connectivity index (χ1) is 11.6. The fourth-order valence-electron chi connectivity index (χ4n) is 2.40. The molecule has 7 nitrogen and oxygen atoms in total. The molecule has 0 rings (SSSR count). The minimum Gasteiger partial charge on any atom is -0.481 e. The van der Waals surface area contributed by atoms with Crippen molar-refractivity contribution in [2.24, 2.45) is 0 Å². The van der Waals surface area contributed by atoms with Crippen molar-refractivity contribution in [2.45, 2.75) is 57.5 Å². The van der Waals surface area contributed by atoms with Crippen LogP contribution in [0.3, 0.4) is 0 Å². The number of ether oxygens (including phenoxy) is 1. The van der Waals surface area contributed by atoms with Crippen LogP contribution in [0.1, 0.15) is 51.4 Å². The molecule has 0 aromatic heterocycles. The van der Waals surface area contributed by atoms with Crippen LogP contribution in [0, 0.1) is 0 Å². The van der Waals surface area contributed by atoms with Gasteiger partial charge in [0.1, 0.15) is 6.54 Å². The number of hydrogen-bond donors (Lipinski definition) is 2. The number of carbonyl (C=O) groups is 3. The number of carboxylic acids is 2. The molecule has 0 heterocycles. The molecule has 0 fully saturated rings. The summed E-state index contributed by atoms with van der Waals surface area (Å²) >= 11 is 0. The van der Waals surface area contributed by atoms with Crippen LogP contribution in [-0.2, 0) is 19.1 Å². The van der Waals surface area contributed by atoms with Crippen molar-refractivity contribution in [3.05, 3.63) is 12.2 Å². The Kier molecular flexibility index (Phi) is 11.5. The van der Waals surface area contributed by atoms with Gasteiger partial charge in [-0.3, -0.25) is 9.59 Å². The summed E-state index contributed by atoms with van der Waals surface area (Å²) in [4.78, 5) is 33.0. The predicted molar refractivity (Wildman–Crippen MR) is 94.1 cm³/mol. The normalized spacial score (nSPS) is 12.9. The summed E-state index contributed by atoms with van der Waals surface area (Å²) in [5, 5.41) is 17.4. The van der Waals surface area contributed by atoms with Crippen LogP contribution in [0.4, 0.5) is 0 Å². The van der Waals surface area contributed by atoms with E-state index in [-0.39, 0.29) is 12.8 Å². The summed E-state index contributed by atoms with van der Waals surface area (Å²) in [5.74, 6) is -2.26. The maximum atomic E-state index is 11.8. The monoisotopic (exact) mass is 358 g/mol. The second kappa shape index (κ2) is 12.5. The Morgan fingerprint density at radius 2 is 1.56 bits per heavy atom. The molecule has 7 heteroatoms. The van der Waals surface area contributed by atoms with Crippen molar-refractivity contribution < 1.29 is 33.8 Å². The third-order valence-electron chi connectivity index (χ3n) is 3.45. The quantitative estimate of drug-likeness (QED) is 0.214. The number of esters is 1. The molecule has 0 spiro atoms. The average Bonchev–Trinajstić information content (AvgIpc) is 2.42. The molecular weight excluding hydrogens is 326 g/mol. The van der Waals surface area contributed by atoms with Crippen LogP contribution < -0.4 is 0 Å². The molecule has 144 valence electrons. The van der Waals surface area contributed by atoms with Gasteiger partial charge in [0.15, 0.2) is 6.10 Å². The van der Waals surface area contributed by atoms with Crippen LogP contribution in [0.5, 0.6) is 0 Å². The third-order valence-corrected chi connectivity index (χ3v) is 3.45. The van der Waals surface area contributed by atoms with Gasteiger partial charge >= 0.3 is 17.9 Å². The first-order valence-corrected chi connectivity index (χ1v) is 8.71. The van der Waals surface area contributed by atoms with E-state index >= 15 is 0 Å². The Balaban J connectivity index is 3.98. The van der Waals surface area contributed by atoms with Gasteiger partial charge in [-0.15, -0.1) is 0 Å². The zero-order chi connectivity index (χ0) is 19.3. The first kappa shape index (κ1) is 23.1. The highest BCUT2D eigenvalue weighted by Crippen LogP contribution is 2.09. The van der Waals surface area contributed by atoms with Crippen molar-refractivity contribution in [1.82, 2.24) is 0 Å². The highest BCUT2D eigenvalue weighted by Gasteiger charge is 2.23. The van der Waals surface area contributed by atoms with Gasteiger partial charge in [-0.05, 0) is 19.3 Å². The Morgan fingerprint density at radius 1 is 0.960 bits per heavy atom. The Hall–Kier alpha value is -1.89. The molecule has 0 aliphatic heterocycles. The highest BCUT2D eigenvalue weighted by molar-refractivity contribution is 5.82. The Morgan fingerprint density at radius 3 is 2.12 bits per heavy atom. The van der Waals surface area contributed by atoms with Crippen LogP contribution in [0.2, 0.25) is 0 Å². The van der Waals surface area contributed by atoms with Gasteiger partial charge in [-0.2, -0.15) is 0 Å². The molecule has 0 aliphatic carbocycles. The van der Waals surface area contributed by atoms with Crippen LogP contribution in [0.15, 0.2) is 12.2 Å². The number of aliphatic carboxylic acids is 2. The van der Waals surface area contributed by atoms with Crippen molar-refractivity contribution in [2.75, 3.05) is 27.7 Å². The lowest BCUT2D eigenvalue weighted by molar-refractivity contribution is -0.873. The van der Waals surface area contributed by atoms with Gasteiger partial charge in [0, 0.05) is 12.5 Å². The zero-order valence-corrected chi connectivity index (χ0v) is 15.6. The number of quaternary nitrogens is 1. The number of allylic oxidation sites excluding steroid dienone is 1. The summed E-state index contributed by atoms with van der Waals surface area (Å²) in [7, 11) is 5.74. The number of nitrogens with zero attached hydrogens (tertiary/aromatic N) is 1. The van der Waals surface area contributed by atoms with Gasteiger partial charge in [0.2, 0.25) is 0 Å². The second-order valence-corrected chi connectivity index (χ2v) is 7.23. The van der Waals surface area contributed by atoms with E-state index in [1.807, 2.05) is 21.1 Å². The fourth-order valence-corrected chi connectivity index (χ4v) is 2.40. The molecule has 0 aromatic carbocycles. The maximum Gasteiger partial charge on any atom is 0.330 e. The van der Waals surface area contributed by atoms with E-state index < -0.39 is 24.0 Å². The Labute approximate surface area is 149 Å². The SMILES string of the molecule is C[N+](C)(C)CC(CC(=O)O)OC(=O)/C=C/CCCCCCCC(=O)O. The van der Waals surface area contributed by atoms with E-state index in [0.717, 1.165) is 32.1 Å². The minimum atomic E-state index is -0.988. The lowest BCUT2D eigenvalue weighted by atomic mass is 10.1. The summed E-state index contributed by atoms with van der Waals surface area (Å²) in [5.41, 5.74) is 0. The van der Waals surface area contributed by atoms with Gasteiger partial charge in [0.05, 0.1) is 27.6 Å². The molecule has 0 bridgehead atoms. The van der Waals surface area contributed by atoms with Crippen molar-refractivity contribution in [1.29, 1.82) is 0 Å². The minimum absolute atomic E-state index is 0.203. The van der Waals surface area contributed by atoms with Crippen molar-refractivity contribution in [3.63, 3.8) is 0 Å². The Bertz CT molecular complexity index is 453. The van der Waals surface area contributed by atoms with E-state index in [1.54, 1.807) is 6.08 Å². The predicted octanol–water partition coefficient (Wildman–Crippen LogP) is 2.45. The van der Waals surface area contributed by atoms with E-state index in [1.165, 1.54) is 6.08 Å². The van der Waals surface area contributed by atoms with E-state index in [0.29, 0.717) is 17.4 Å². The van der Waals surface area contributed by atoms with E-state index in [4.69, 9.17) is 14.9 Å². The maximum absolute atomic E-state index is 11.8. The summed E-state index contributed by atoms with van der Waals surface area (Å²) < 4.78 is 5.75. The molecule has 0 saturated heterocycles. The molecule has 0 saturated carbocycles. The standard InChI is InChI=1S/C18H31NO6/c1-19(2,3)14-15(13-17(22)23)25-18(24)12-10-8-6-4-5-7-9-11-16(20)21/h10,12,15H,4-9,11,13-14H2,1-3H3,(H-,20,21,22,23)/p+1/b12-10+. The van der Waals surface area contributed by atoms with Gasteiger partial charge < -0.3 is 19.4 Å². The summed E-state index contributed by atoms with van der Waals surface area (Å²) in [6.45, 7) is 0.433. The summed E-state index contributed by atoms with van der Waals surface area (Å²) in [6, 6.07) is 0. The van der Waals surface area contributed by atoms with E-state index in [2.05, 4.69) is 0 Å². The van der Waals surface area contributed by atoms with E-state index in [9.17, 15) is 14.4 Å². The summed E-state index contributed by atoms with van der Waals surface area (Å²) in [6.07, 6.45) is 7.71. The molecular formula is C18H32NO6+. The highest BCUT2D eigenvalue weighted by atomic mass is 16.5. The first-order valence-electron chi connectivity index (χ1n) is 8.71. The average molecular weight is 358 g/mol. The van der Waals surface area contributed by atoms with Crippen molar-refractivity contribution in [3.8, 4) is 0 Å². The lowest BCUT2D eigenvalue weighted by Gasteiger charge is -2.28. The fraction of sp³-hybridized carbons (Fsp3) is 0.722. The van der Waals surface area contributed by atoms with Crippen LogP contribution >= 0.6 is 0 Å². The molecule has 0 amide bonds. The second-order valence-electron chi connectivity index (χ2n) is 7.23. The molecule has 0 radical (unpaired) electrons. The smallest absolute Gasteiger partial charge is 0.330 e. The molecule has 1 unspecified atom stereocenters. The number of likely N-dealkylation sites (N-methyl/N-ethyl adjacent to an activating group) is 1. The van der Waals surface area contributed by atoms with Crippen LogP contribution in [0.25, 0.3) is 0 Å². The third kappa shape index (κ3) is 16.7. The number of carboxylic acid groups (broad SMARTS) is 2.